The molecule has 0 aromatic carbocycles. The molecule has 0 heterocycles. The molecule has 0 amide bonds. The van der Waals surface area contributed by atoms with Gasteiger partial charge in [0.05, 0.1) is 26.4 Å². The van der Waals surface area contributed by atoms with Crippen LogP contribution in [-0.2, 0) is 65.4 Å². The van der Waals surface area contributed by atoms with E-state index in [9.17, 15) is 43.2 Å². The number of hydrogen-bond donors (Lipinski definition) is 3. The van der Waals surface area contributed by atoms with Crippen molar-refractivity contribution in [2.45, 2.75) is 400 Å². The molecular weight excluding hydrogens is 1220 g/mol. The van der Waals surface area contributed by atoms with Gasteiger partial charge in [-0.05, 0) is 37.5 Å². The first kappa shape index (κ1) is 91.1. The van der Waals surface area contributed by atoms with Crippen LogP contribution in [0.4, 0.5) is 0 Å². The van der Waals surface area contributed by atoms with Crippen LogP contribution in [0.15, 0.2) is 0 Å². The molecule has 19 heteroatoms. The average molecular weight is 1370 g/mol. The van der Waals surface area contributed by atoms with Crippen molar-refractivity contribution in [2.24, 2.45) is 11.8 Å². The first-order valence-corrected chi connectivity index (χ1v) is 41.5. The molecule has 0 saturated carbocycles. The zero-order chi connectivity index (χ0) is 68.6. The quantitative estimate of drug-likeness (QED) is 0.0222. The molecule has 0 radical (unpaired) electrons. The maximum atomic E-state index is 13.1. The van der Waals surface area contributed by atoms with Gasteiger partial charge in [-0.1, -0.05) is 330 Å². The van der Waals surface area contributed by atoms with Gasteiger partial charge >= 0.3 is 39.5 Å². The topological polar surface area (TPSA) is 237 Å². The number of aliphatic hydroxyl groups is 1. The van der Waals surface area contributed by atoms with Crippen molar-refractivity contribution in [2.75, 3.05) is 39.6 Å². The Labute approximate surface area is 568 Å². The van der Waals surface area contributed by atoms with Crippen LogP contribution in [0, 0.1) is 11.8 Å². The maximum absolute atomic E-state index is 13.1. The Morgan fingerprint density at radius 1 is 0.312 bits per heavy atom. The molecule has 3 unspecified atom stereocenters. The van der Waals surface area contributed by atoms with Gasteiger partial charge < -0.3 is 33.8 Å². The second kappa shape index (κ2) is 66.0. The average Bonchev–Trinajstić information content (AvgIpc) is 3.34. The Hall–Kier alpha value is -1.94. The first-order chi connectivity index (χ1) is 44.9. The minimum Gasteiger partial charge on any atom is -0.462 e. The number of hydrogen-bond acceptors (Lipinski definition) is 15. The van der Waals surface area contributed by atoms with Crippen LogP contribution in [0.1, 0.15) is 382 Å². The highest BCUT2D eigenvalue weighted by Gasteiger charge is 2.30. The van der Waals surface area contributed by atoms with Gasteiger partial charge in [0, 0.05) is 25.7 Å². The molecule has 0 bridgehead atoms. The van der Waals surface area contributed by atoms with E-state index < -0.39 is 97.5 Å². The fraction of sp³-hybridized carbons (Fsp3) is 0.946. The van der Waals surface area contributed by atoms with E-state index in [1.807, 2.05) is 0 Å². The maximum Gasteiger partial charge on any atom is 0.472 e. The van der Waals surface area contributed by atoms with Crippen molar-refractivity contribution in [3.05, 3.63) is 0 Å². The molecule has 0 spiro atoms. The number of ether oxygens (including phenoxy) is 4. The smallest absolute Gasteiger partial charge is 0.462 e. The molecule has 0 saturated heterocycles. The number of unbranched alkanes of at least 4 members (excludes halogenated alkanes) is 42. The third-order valence-electron chi connectivity index (χ3n) is 17.6. The highest BCUT2D eigenvalue weighted by atomic mass is 31.2. The summed E-state index contributed by atoms with van der Waals surface area (Å²) in [6.07, 6.45) is 52.5. The monoisotopic (exact) mass is 1370 g/mol. The normalized spacial score (nSPS) is 14.3. The van der Waals surface area contributed by atoms with Crippen molar-refractivity contribution >= 4 is 39.5 Å². The van der Waals surface area contributed by atoms with Gasteiger partial charge in [-0.3, -0.25) is 37.3 Å². The Balaban J connectivity index is 5.26. The number of carbonyl (C=O) groups is 4. The number of phosphoric acid groups is 2. The standard InChI is InChI=1S/C74H144O17P2/c1-7-10-12-14-16-18-20-21-22-23-24-28-33-40-46-52-58-73(78)90-69(62-85-72(77)57-51-45-39-32-29-25-27-30-36-42-48-54-66(4)5)64-88-92(80,81)86-60-68(75)61-87-93(82,83)89-65-70(63-84-71(76)56-50-44-38-31-26-19-17-15-13-11-8-2)91-74(79)59-53-47-41-35-34-37-43-49-55-67(6)9-3/h66-70,75H,7-65H2,1-6H3,(H,80,81)(H,82,83)/t67?,68-,69-,70-/m1/s1. The van der Waals surface area contributed by atoms with Gasteiger partial charge in [0.1, 0.15) is 19.3 Å². The molecule has 0 aliphatic carbocycles. The molecular formula is C74H144O17P2. The Bertz CT molecular complexity index is 1810. The number of phosphoric ester groups is 2. The molecule has 0 aromatic heterocycles. The van der Waals surface area contributed by atoms with Crippen LogP contribution in [0.5, 0.6) is 0 Å². The van der Waals surface area contributed by atoms with E-state index in [1.54, 1.807) is 0 Å². The van der Waals surface area contributed by atoms with E-state index in [0.29, 0.717) is 25.7 Å². The van der Waals surface area contributed by atoms with E-state index in [2.05, 4.69) is 41.5 Å². The van der Waals surface area contributed by atoms with Gasteiger partial charge in [0.25, 0.3) is 0 Å². The van der Waals surface area contributed by atoms with E-state index in [-0.39, 0.29) is 25.7 Å². The minimum absolute atomic E-state index is 0.105. The van der Waals surface area contributed by atoms with Crippen molar-refractivity contribution in [1.29, 1.82) is 0 Å². The lowest BCUT2D eigenvalue weighted by Crippen LogP contribution is -2.30. The highest BCUT2D eigenvalue weighted by Crippen LogP contribution is 2.45. The van der Waals surface area contributed by atoms with Gasteiger partial charge in [-0.25, -0.2) is 9.13 Å². The summed E-state index contributed by atoms with van der Waals surface area (Å²) in [5.74, 6) is -0.577. The summed E-state index contributed by atoms with van der Waals surface area (Å²) >= 11 is 0. The molecule has 3 N–H and O–H groups in total. The van der Waals surface area contributed by atoms with E-state index in [0.717, 1.165) is 102 Å². The minimum atomic E-state index is -4.96. The van der Waals surface area contributed by atoms with E-state index in [4.69, 9.17) is 37.0 Å². The van der Waals surface area contributed by atoms with Crippen LogP contribution >= 0.6 is 15.6 Å². The lowest BCUT2D eigenvalue weighted by Gasteiger charge is -2.21. The van der Waals surface area contributed by atoms with Crippen LogP contribution in [0.25, 0.3) is 0 Å². The number of aliphatic hydroxyl groups excluding tert-OH is 1. The molecule has 0 aromatic rings. The zero-order valence-corrected chi connectivity index (χ0v) is 62.3. The van der Waals surface area contributed by atoms with Crippen LogP contribution < -0.4 is 0 Å². The van der Waals surface area contributed by atoms with Crippen molar-refractivity contribution < 1.29 is 80.2 Å². The second-order valence-electron chi connectivity index (χ2n) is 27.4. The molecule has 0 aliphatic rings. The van der Waals surface area contributed by atoms with Crippen molar-refractivity contribution in [1.82, 2.24) is 0 Å². The number of carbonyl (C=O) groups excluding carboxylic acids is 4. The zero-order valence-electron chi connectivity index (χ0n) is 60.6. The molecule has 93 heavy (non-hydrogen) atoms. The third-order valence-corrected chi connectivity index (χ3v) is 19.5. The fourth-order valence-electron chi connectivity index (χ4n) is 11.3. The lowest BCUT2D eigenvalue weighted by molar-refractivity contribution is -0.161. The fourth-order valence-corrected chi connectivity index (χ4v) is 12.8. The lowest BCUT2D eigenvalue weighted by atomic mass is 9.99. The number of esters is 4. The van der Waals surface area contributed by atoms with Gasteiger partial charge in [0.15, 0.2) is 12.2 Å². The summed E-state index contributed by atoms with van der Waals surface area (Å²) < 4.78 is 68.5. The predicted octanol–water partition coefficient (Wildman–Crippen LogP) is 21.6. The molecule has 0 aliphatic heterocycles. The molecule has 0 fully saturated rings. The first-order valence-electron chi connectivity index (χ1n) is 38.5. The summed E-state index contributed by atoms with van der Waals surface area (Å²) in [4.78, 5) is 72.7. The largest absolute Gasteiger partial charge is 0.472 e. The van der Waals surface area contributed by atoms with E-state index in [1.165, 1.54) is 199 Å². The van der Waals surface area contributed by atoms with E-state index >= 15 is 0 Å². The van der Waals surface area contributed by atoms with Crippen LogP contribution in [0.3, 0.4) is 0 Å². The number of rotatable bonds is 73. The Morgan fingerprint density at radius 2 is 0.548 bits per heavy atom. The van der Waals surface area contributed by atoms with Gasteiger partial charge in [-0.2, -0.15) is 0 Å². The second-order valence-corrected chi connectivity index (χ2v) is 30.3. The summed E-state index contributed by atoms with van der Waals surface area (Å²) in [6.45, 7) is 9.58. The SMILES string of the molecule is CCCCCCCCCCCCCCCCCCC(=O)O[C@H](COC(=O)CCCCCCCCCCCCCC(C)C)COP(=O)(O)OC[C@@H](O)COP(=O)(O)OC[C@@H](COC(=O)CCCCCCCCCCCCC)OC(=O)CCCCCCCCCCC(C)CC. The third kappa shape index (κ3) is 67.0. The highest BCUT2D eigenvalue weighted by molar-refractivity contribution is 7.47. The molecule has 0 rings (SSSR count). The van der Waals surface area contributed by atoms with Gasteiger partial charge in [0.2, 0.25) is 0 Å². The van der Waals surface area contributed by atoms with Crippen molar-refractivity contribution in [3.63, 3.8) is 0 Å². The van der Waals surface area contributed by atoms with Crippen LogP contribution in [-0.4, -0.2) is 96.7 Å². The Morgan fingerprint density at radius 3 is 0.817 bits per heavy atom. The summed E-state index contributed by atoms with van der Waals surface area (Å²) in [5, 5.41) is 10.6. The summed E-state index contributed by atoms with van der Waals surface area (Å²) in [5.41, 5.74) is 0. The van der Waals surface area contributed by atoms with Crippen LogP contribution in [0.2, 0.25) is 0 Å². The summed E-state index contributed by atoms with van der Waals surface area (Å²) in [6, 6.07) is 0. The van der Waals surface area contributed by atoms with Crippen molar-refractivity contribution in [3.8, 4) is 0 Å². The summed E-state index contributed by atoms with van der Waals surface area (Å²) in [7, 11) is -9.91. The predicted molar refractivity (Wildman–Crippen MR) is 377 cm³/mol. The molecule has 552 valence electrons. The van der Waals surface area contributed by atoms with Gasteiger partial charge in [-0.15, -0.1) is 0 Å². The molecule has 6 atom stereocenters. The Kier molecular flexibility index (Phi) is 64.6. The molecule has 17 nitrogen and oxygen atoms in total.